The third kappa shape index (κ3) is 2.22. The van der Waals surface area contributed by atoms with Crippen molar-refractivity contribution in [2.75, 3.05) is 5.73 Å². The molecule has 76 valence electrons. The molecule has 0 aliphatic rings. The molecule has 0 aromatic carbocycles. The summed E-state index contributed by atoms with van der Waals surface area (Å²) in [6, 6.07) is 0.226. The molecule has 0 aliphatic heterocycles. The Balaban J connectivity index is 2.63. The second-order valence-corrected chi connectivity index (χ2v) is 2.65. The van der Waals surface area contributed by atoms with Crippen molar-refractivity contribution in [2.24, 2.45) is 0 Å². The lowest BCUT2D eigenvalue weighted by Crippen LogP contribution is -2.38. The Kier molecular flexibility index (Phi) is 2.70. The molecular formula is C7H9N3O4. The number of carbonyl (C=O) groups is 2. The molecular weight excluding hydrogens is 190 g/mol. The van der Waals surface area contributed by atoms with E-state index in [0.717, 1.165) is 0 Å². The number of hydrogen-bond donors (Lipinski definition) is 3. The van der Waals surface area contributed by atoms with E-state index in [9.17, 15) is 9.59 Å². The summed E-state index contributed by atoms with van der Waals surface area (Å²) >= 11 is 0. The van der Waals surface area contributed by atoms with Gasteiger partial charge in [-0.1, -0.05) is 5.16 Å². The number of nitrogens with two attached hydrogens (primary N) is 1. The Morgan fingerprint density at radius 1 is 1.71 bits per heavy atom. The number of carboxylic acid groups (broad SMARTS) is 1. The predicted molar refractivity (Wildman–Crippen MR) is 45.5 cm³/mol. The maximum absolute atomic E-state index is 11.2. The third-order valence-electron chi connectivity index (χ3n) is 1.48. The van der Waals surface area contributed by atoms with Crippen molar-refractivity contribution in [3.8, 4) is 0 Å². The molecule has 1 rings (SSSR count). The zero-order chi connectivity index (χ0) is 10.7. The number of nitrogens with one attached hydrogen (secondary N) is 1. The highest BCUT2D eigenvalue weighted by Crippen LogP contribution is 2.04. The lowest BCUT2D eigenvalue weighted by atomic mass is 10.3. The van der Waals surface area contributed by atoms with E-state index in [4.69, 9.17) is 10.8 Å². The average molecular weight is 199 g/mol. The van der Waals surface area contributed by atoms with Crippen molar-refractivity contribution in [3.05, 3.63) is 11.8 Å². The number of nitrogen functional groups attached to an aromatic ring is 1. The molecule has 0 saturated heterocycles. The van der Waals surface area contributed by atoms with E-state index in [0.29, 0.717) is 0 Å². The number of aliphatic carboxylic acids is 1. The Bertz CT molecular complexity index is 360. The van der Waals surface area contributed by atoms with E-state index < -0.39 is 17.9 Å². The summed E-state index contributed by atoms with van der Waals surface area (Å²) in [5.74, 6) is -1.77. The first kappa shape index (κ1) is 10.0. The number of carboxylic acids is 1. The van der Waals surface area contributed by atoms with Gasteiger partial charge in [-0.15, -0.1) is 0 Å². The van der Waals surface area contributed by atoms with Crippen LogP contribution < -0.4 is 11.1 Å². The van der Waals surface area contributed by atoms with Crippen LogP contribution in [0.4, 0.5) is 5.88 Å². The molecule has 0 saturated carbocycles. The van der Waals surface area contributed by atoms with E-state index in [2.05, 4.69) is 15.0 Å². The fourth-order valence-electron chi connectivity index (χ4n) is 0.729. The maximum atomic E-state index is 11.2. The highest BCUT2D eigenvalue weighted by Gasteiger charge is 2.17. The van der Waals surface area contributed by atoms with Gasteiger partial charge in [0.25, 0.3) is 5.91 Å². The smallest absolute Gasteiger partial charge is 0.325 e. The van der Waals surface area contributed by atoms with Gasteiger partial charge in [0.2, 0.25) is 5.88 Å². The minimum absolute atomic E-state index is 0.00173. The number of anilines is 1. The van der Waals surface area contributed by atoms with Gasteiger partial charge in [-0.25, -0.2) is 0 Å². The van der Waals surface area contributed by atoms with E-state index >= 15 is 0 Å². The van der Waals surface area contributed by atoms with Crippen LogP contribution >= 0.6 is 0 Å². The van der Waals surface area contributed by atoms with Gasteiger partial charge in [0.05, 0.1) is 0 Å². The van der Waals surface area contributed by atoms with Crippen LogP contribution in [0.3, 0.4) is 0 Å². The molecule has 7 nitrogen and oxygen atoms in total. The van der Waals surface area contributed by atoms with Crippen molar-refractivity contribution in [1.82, 2.24) is 10.5 Å². The van der Waals surface area contributed by atoms with Crippen molar-refractivity contribution in [2.45, 2.75) is 13.0 Å². The second-order valence-electron chi connectivity index (χ2n) is 2.65. The van der Waals surface area contributed by atoms with E-state index in [-0.39, 0.29) is 11.6 Å². The highest BCUT2D eigenvalue weighted by atomic mass is 16.5. The molecule has 0 aliphatic carbocycles. The fourth-order valence-corrected chi connectivity index (χ4v) is 0.729. The molecule has 1 heterocycles. The molecule has 0 spiro atoms. The average Bonchev–Trinajstić information content (AvgIpc) is 2.51. The summed E-state index contributed by atoms with van der Waals surface area (Å²) < 4.78 is 4.45. The highest BCUT2D eigenvalue weighted by molar-refractivity contribution is 5.95. The summed E-state index contributed by atoms with van der Waals surface area (Å²) in [5, 5.41) is 14.0. The number of aromatic nitrogens is 1. The summed E-state index contributed by atoms with van der Waals surface area (Å²) in [4.78, 5) is 21.6. The molecule has 0 fully saturated rings. The van der Waals surface area contributed by atoms with Gasteiger partial charge in [0, 0.05) is 6.07 Å². The fraction of sp³-hybridized carbons (Fsp3) is 0.286. The standard InChI is InChI=1S/C7H9N3O4/c1-3(7(12)13)9-6(11)4-2-5(8)14-10-4/h2-3H,8H2,1H3,(H,9,11)(H,12,13). The zero-order valence-corrected chi connectivity index (χ0v) is 7.35. The first-order chi connectivity index (χ1) is 6.50. The Labute approximate surface area is 78.9 Å². The van der Waals surface area contributed by atoms with E-state index in [1.807, 2.05) is 0 Å². The van der Waals surface area contributed by atoms with Crippen LogP contribution in [0.25, 0.3) is 0 Å². The van der Waals surface area contributed by atoms with E-state index in [1.165, 1.54) is 13.0 Å². The first-order valence-electron chi connectivity index (χ1n) is 3.76. The van der Waals surface area contributed by atoms with Crippen molar-refractivity contribution < 1.29 is 19.2 Å². The Morgan fingerprint density at radius 3 is 2.79 bits per heavy atom. The largest absolute Gasteiger partial charge is 0.480 e. The van der Waals surface area contributed by atoms with Gasteiger partial charge in [-0.3, -0.25) is 9.59 Å². The second kappa shape index (κ2) is 3.77. The van der Waals surface area contributed by atoms with Crippen LogP contribution in [-0.2, 0) is 4.79 Å². The summed E-state index contributed by atoms with van der Waals surface area (Å²) in [6.45, 7) is 1.34. The molecule has 7 heteroatoms. The predicted octanol–water partition coefficient (Wildman–Crippen LogP) is -0.540. The van der Waals surface area contributed by atoms with Crippen LogP contribution in [0, 0.1) is 0 Å². The molecule has 1 aromatic rings. The van der Waals surface area contributed by atoms with Crippen molar-refractivity contribution in [3.63, 3.8) is 0 Å². The molecule has 4 N–H and O–H groups in total. The SMILES string of the molecule is CC(NC(=O)c1cc(N)on1)C(=O)O. The third-order valence-corrected chi connectivity index (χ3v) is 1.48. The quantitative estimate of drug-likeness (QED) is 0.601. The summed E-state index contributed by atoms with van der Waals surface area (Å²) in [7, 11) is 0. The first-order valence-corrected chi connectivity index (χ1v) is 3.76. The normalized spacial score (nSPS) is 12.1. The zero-order valence-electron chi connectivity index (χ0n) is 7.35. The van der Waals surface area contributed by atoms with Gasteiger partial charge in [0.15, 0.2) is 5.69 Å². The number of amides is 1. The Morgan fingerprint density at radius 2 is 2.36 bits per heavy atom. The molecule has 1 unspecified atom stereocenters. The van der Waals surface area contributed by atoms with Crippen LogP contribution in [0.1, 0.15) is 17.4 Å². The molecule has 1 aromatic heterocycles. The topological polar surface area (TPSA) is 118 Å². The van der Waals surface area contributed by atoms with E-state index in [1.54, 1.807) is 0 Å². The monoisotopic (exact) mass is 199 g/mol. The van der Waals surface area contributed by atoms with Crippen molar-refractivity contribution >= 4 is 17.8 Å². The number of rotatable bonds is 3. The van der Waals surface area contributed by atoms with Crippen LogP contribution in [0.15, 0.2) is 10.6 Å². The van der Waals surface area contributed by atoms with Gasteiger partial charge in [-0.05, 0) is 6.92 Å². The van der Waals surface area contributed by atoms with Crippen LogP contribution in [-0.4, -0.2) is 28.2 Å². The number of carbonyl (C=O) groups excluding carboxylic acids is 1. The minimum atomic E-state index is -1.13. The summed E-state index contributed by atoms with van der Waals surface area (Å²) in [5.41, 5.74) is 5.14. The lowest BCUT2D eigenvalue weighted by Gasteiger charge is -2.06. The molecule has 0 radical (unpaired) electrons. The molecule has 1 amide bonds. The Hall–Kier alpha value is -2.05. The van der Waals surface area contributed by atoms with Crippen LogP contribution in [0.5, 0.6) is 0 Å². The van der Waals surface area contributed by atoms with Gasteiger partial charge in [0.1, 0.15) is 6.04 Å². The number of nitrogens with zero attached hydrogens (tertiary/aromatic N) is 1. The maximum Gasteiger partial charge on any atom is 0.325 e. The molecule has 1 atom stereocenters. The molecule has 14 heavy (non-hydrogen) atoms. The number of hydrogen-bond acceptors (Lipinski definition) is 5. The van der Waals surface area contributed by atoms with Gasteiger partial charge < -0.3 is 20.7 Å². The van der Waals surface area contributed by atoms with Crippen molar-refractivity contribution in [1.29, 1.82) is 0 Å². The van der Waals surface area contributed by atoms with Gasteiger partial charge >= 0.3 is 5.97 Å². The van der Waals surface area contributed by atoms with Gasteiger partial charge in [-0.2, -0.15) is 0 Å². The molecule has 0 bridgehead atoms. The summed E-state index contributed by atoms with van der Waals surface area (Å²) in [6.07, 6.45) is 0. The lowest BCUT2D eigenvalue weighted by molar-refractivity contribution is -0.138. The van der Waals surface area contributed by atoms with Crippen LogP contribution in [0.2, 0.25) is 0 Å². The minimum Gasteiger partial charge on any atom is -0.480 e.